The van der Waals surface area contributed by atoms with Crippen LogP contribution >= 0.6 is 0 Å². The molecule has 33 heavy (non-hydrogen) atoms. The number of hydrogen-bond acceptors (Lipinski definition) is 11. The van der Waals surface area contributed by atoms with Crippen molar-refractivity contribution >= 4 is 34.4 Å². The molecule has 172 valence electrons. The molecule has 0 saturated heterocycles. The zero-order valence-corrected chi connectivity index (χ0v) is 19.2. The van der Waals surface area contributed by atoms with Crippen LogP contribution in [0.15, 0.2) is 63.0 Å². The molecule has 1 heterocycles. The Morgan fingerprint density at radius 2 is 1.94 bits per heavy atom. The van der Waals surface area contributed by atoms with Gasteiger partial charge >= 0.3 is 0 Å². The van der Waals surface area contributed by atoms with Gasteiger partial charge in [0.2, 0.25) is 5.95 Å². The first kappa shape index (κ1) is 23.8. The Morgan fingerprint density at radius 1 is 1.15 bits per heavy atom. The van der Waals surface area contributed by atoms with Gasteiger partial charge in [0.15, 0.2) is 0 Å². The van der Waals surface area contributed by atoms with Gasteiger partial charge < -0.3 is 29.1 Å². The van der Waals surface area contributed by atoms with Gasteiger partial charge in [0.25, 0.3) is 0 Å². The zero-order chi connectivity index (χ0) is 23.8. The Kier molecular flexibility index (Phi) is 8.06. The molecule has 0 radical (unpaired) electrons. The third kappa shape index (κ3) is 5.90. The number of nitrogen functional groups attached to an aromatic ring is 1. The van der Waals surface area contributed by atoms with Crippen LogP contribution in [0.5, 0.6) is 5.75 Å². The molecule has 0 unspecified atom stereocenters. The predicted molar refractivity (Wildman–Crippen MR) is 130 cm³/mol. The van der Waals surface area contributed by atoms with E-state index in [4.69, 9.17) is 20.5 Å². The average molecular weight is 467 g/mol. The lowest BCUT2D eigenvalue weighted by Crippen LogP contribution is -2.11. The maximum Gasteiger partial charge on any atom is 0.221 e. The van der Waals surface area contributed by atoms with E-state index in [-0.39, 0.29) is 12.5 Å². The molecule has 0 aliphatic rings. The van der Waals surface area contributed by atoms with Crippen LogP contribution < -0.4 is 16.3 Å². The van der Waals surface area contributed by atoms with Crippen LogP contribution in [0.25, 0.3) is 11.3 Å². The number of aryl methyl sites for hydroxylation is 1. The average Bonchev–Trinajstić information content (AvgIpc) is 2.82. The molecule has 4 N–H and O–H groups in total. The number of rotatable bonds is 8. The summed E-state index contributed by atoms with van der Waals surface area (Å²) in [5, 5.41) is 3.81. The van der Waals surface area contributed by atoms with Gasteiger partial charge in [-0.05, 0) is 36.2 Å². The molecular weight excluding hydrogens is 442 g/mol. The fourth-order valence-corrected chi connectivity index (χ4v) is 3.52. The molecule has 0 aliphatic carbocycles. The highest BCUT2D eigenvalue weighted by Crippen LogP contribution is 2.32. The highest BCUT2D eigenvalue weighted by molar-refractivity contribution is 7.69. The zero-order valence-electron chi connectivity index (χ0n) is 18.4. The van der Waals surface area contributed by atoms with Gasteiger partial charge in [-0.25, -0.2) is 9.97 Å². The van der Waals surface area contributed by atoms with E-state index in [1.807, 2.05) is 37.3 Å². The monoisotopic (exact) mass is 466 g/mol. The number of ether oxygens (including phenoxy) is 1. The molecule has 10 nitrogen and oxygen atoms in total. The van der Waals surface area contributed by atoms with E-state index in [0.29, 0.717) is 28.5 Å². The highest BCUT2D eigenvalue weighted by atomic mass is 32.2. The van der Waals surface area contributed by atoms with Gasteiger partial charge in [-0.2, -0.15) is 5.10 Å². The van der Waals surface area contributed by atoms with E-state index in [1.165, 1.54) is 13.3 Å². The number of nitrogens with zero attached hydrogens (tertiary/aromatic N) is 5. The minimum Gasteiger partial charge on any atom is -0.496 e. The molecule has 11 heteroatoms. The molecule has 3 rings (SSSR count). The minimum absolute atomic E-state index is 0.0619. The van der Waals surface area contributed by atoms with Crippen molar-refractivity contribution in [3.63, 3.8) is 0 Å². The molecule has 0 bridgehead atoms. The molecule has 0 saturated carbocycles. The van der Waals surface area contributed by atoms with Crippen molar-refractivity contribution in [2.24, 2.45) is 20.3 Å². The topological polar surface area (TPSA) is 150 Å². The van der Waals surface area contributed by atoms with Crippen molar-refractivity contribution < 1.29 is 13.1 Å². The number of aromatic nitrogens is 2. The third-order valence-corrected chi connectivity index (χ3v) is 5.25. The van der Waals surface area contributed by atoms with Crippen molar-refractivity contribution in [2.45, 2.75) is 13.5 Å². The van der Waals surface area contributed by atoms with Crippen molar-refractivity contribution in [3.05, 3.63) is 65.4 Å². The lowest BCUT2D eigenvalue weighted by molar-refractivity contribution is 0.413. The van der Waals surface area contributed by atoms with Crippen LogP contribution in [0.2, 0.25) is 0 Å². The Balaban J connectivity index is 1.91. The molecular formula is C22H24N7O3S-. The van der Waals surface area contributed by atoms with Crippen molar-refractivity contribution in [2.75, 3.05) is 20.0 Å². The second-order valence-electron chi connectivity index (χ2n) is 6.74. The Bertz CT molecular complexity index is 1280. The summed E-state index contributed by atoms with van der Waals surface area (Å²) in [4.78, 5) is 13.0. The maximum atomic E-state index is 11.6. The molecule has 0 fully saturated rings. The molecule has 2 aromatic carbocycles. The first-order valence-corrected chi connectivity index (χ1v) is 10.8. The molecule has 0 atom stereocenters. The summed E-state index contributed by atoms with van der Waals surface area (Å²) in [7, 11) is 1.14. The van der Waals surface area contributed by atoms with E-state index in [9.17, 15) is 4.21 Å². The van der Waals surface area contributed by atoms with Gasteiger partial charge in [-0.1, -0.05) is 41.2 Å². The number of anilines is 1. The molecule has 0 spiro atoms. The van der Waals surface area contributed by atoms with Crippen LogP contribution in [0.4, 0.5) is 11.6 Å². The number of methoxy groups -OCH3 is 1. The van der Waals surface area contributed by atoms with Gasteiger partial charge in [0.1, 0.15) is 11.5 Å². The summed E-state index contributed by atoms with van der Waals surface area (Å²) in [6.07, 6.45) is 1.49. The van der Waals surface area contributed by atoms with Crippen LogP contribution in [-0.2, 0) is 25.8 Å². The number of hydrogen-bond donors (Lipinski definition) is 2. The summed E-state index contributed by atoms with van der Waals surface area (Å²) in [5.74, 6) is 6.36. The minimum atomic E-state index is -1.77. The van der Waals surface area contributed by atoms with Crippen molar-refractivity contribution in [1.82, 2.24) is 9.97 Å². The predicted octanol–water partition coefficient (Wildman–Crippen LogP) is 3.32. The van der Waals surface area contributed by atoms with Gasteiger partial charge in [-0.3, -0.25) is 4.99 Å². The van der Waals surface area contributed by atoms with Crippen LogP contribution in [0, 0.1) is 6.92 Å². The van der Waals surface area contributed by atoms with Gasteiger partial charge in [0.05, 0.1) is 31.3 Å². The van der Waals surface area contributed by atoms with Crippen molar-refractivity contribution in [3.8, 4) is 17.0 Å². The van der Waals surface area contributed by atoms with Crippen LogP contribution in [0.3, 0.4) is 0 Å². The fourth-order valence-electron chi connectivity index (χ4n) is 3.11. The number of aliphatic imine (C=N–C) groups is 1. The number of benzene rings is 2. The number of para-hydroxylation sites is 1. The molecule has 0 amide bonds. The smallest absolute Gasteiger partial charge is 0.221 e. The van der Waals surface area contributed by atoms with Crippen LogP contribution in [0.1, 0.15) is 16.8 Å². The standard InChI is InChI=1S/C22H24N7O3S/c1-14-7-6-9-16(21(14)31-2)18-11-19(27-22(23)26-18)20(28-24)13-25-12-15-8-4-5-10-17(15)29-33(30)32-3/h4-11,13H,12,24H2,1-3H3,(H2,23,26,27)/q-1. The van der Waals surface area contributed by atoms with Crippen molar-refractivity contribution in [1.29, 1.82) is 0 Å². The molecule has 1 aromatic heterocycles. The summed E-state index contributed by atoms with van der Waals surface area (Å²) >= 11 is 0. The fraction of sp³-hybridized carbons (Fsp3) is 0.182. The molecule has 0 aliphatic heterocycles. The van der Waals surface area contributed by atoms with Gasteiger partial charge in [0, 0.05) is 18.4 Å². The van der Waals surface area contributed by atoms with E-state index in [1.54, 1.807) is 25.3 Å². The second kappa shape index (κ2) is 11.2. The first-order chi connectivity index (χ1) is 16.0. The lowest BCUT2D eigenvalue weighted by atomic mass is 10.1. The summed E-state index contributed by atoms with van der Waals surface area (Å²) in [5.41, 5.74) is 10.2. The van der Waals surface area contributed by atoms with E-state index < -0.39 is 10.9 Å². The van der Waals surface area contributed by atoms with Gasteiger partial charge in [-0.15, -0.1) is 0 Å². The Morgan fingerprint density at radius 3 is 2.67 bits per heavy atom. The van der Waals surface area contributed by atoms with Crippen LogP contribution in [-0.4, -0.2) is 36.1 Å². The quantitative estimate of drug-likeness (QED) is 0.224. The summed E-state index contributed by atoms with van der Waals surface area (Å²) in [6, 6.07) is 14.6. The van der Waals surface area contributed by atoms with E-state index in [2.05, 4.69) is 24.4 Å². The third-order valence-electron chi connectivity index (χ3n) is 4.62. The largest absolute Gasteiger partial charge is 0.496 e. The maximum absolute atomic E-state index is 11.6. The first-order valence-electron chi connectivity index (χ1n) is 9.79. The highest BCUT2D eigenvalue weighted by Gasteiger charge is 2.14. The normalized spacial score (nSPS) is 12.9. The van der Waals surface area contributed by atoms with E-state index in [0.717, 1.165) is 16.7 Å². The van der Waals surface area contributed by atoms with E-state index >= 15 is 0 Å². The number of hydrazone groups is 1. The SMILES string of the molecule is COc1c(C)cccc1-c1cc(C(C=NCc2ccccc2N=[S-](=O)OC)=NN)nc(N)n1. The second-order valence-corrected chi connectivity index (χ2v) is 7.69. The molecule has 3 aromatic rings. The lowest BCUT2D eigenvalue weighted by Gasteiger charge is -2.12. The Labute approximate surface area is 193 Å². The Hall–Kier alpha value is -3.83. The summed E-state index contributed by atoms with van der Waals surface area (Å²) < 4.78 is 25.9. The summed E-state index contributed by atoms with van der Waals surface area (Å²) in [6.45, 7) is 2.19. The number of nitrogens with two attached hydrogens (primary N) is 2.